The Bertz CT molecular complexity index is 392. The molecule has 0 saturated carbocycles. The van der Waals surface area contributed by atoms with E-state index in [4.69, 9.17) is 15.3 Å². The fraction of sp³-hybridized carbons (Fsp3) is 1.00. The molecule has 0 amide bonds. The molecule has 0 aromatic heterocycles. The molecular formula is C8H12F12I4O4Rf3V2. The van der Waals surface area contributed by atoms with Crippen molar-refractivity contribution >= 4 is 79.9 Å². The third-order valence-corrected chi connectivity index (χ3v) is 1.33. The Morgan fingerprint density at radius 2 is 0.848 bits per heavy atom. The van der Waals surface area contributed by atoms with E-state index in [1.165, 1.54) is 0 Å². The molecule has 0 aliphatic rings. The van der Waals surface area contributed by atoms with Crippen LogP contribution in [0.25, 0.3) is 0 Å². The van der Waals surface area contributed by atoms with Crippen molar-refractivity contribution in [3.63, 3.8) is 0 Å². The first-order chi connectivity index (χ1) is 12.0. The fourth-order valence-electron chi connectivity index (χ4n) is 0.364. The van der Waals surface area contributed by atoms with Crippen LogP contribution in [0.4, 0.5) is 52.7 Å². The monoisotopic (exact) mass is 1810 g/mol. The molecule has 0 aromatic carbocycles. The summed E-state index contributed by atoms with van der Waals surface area (Å²) < 4.78 is 137. The molecule has 1 atom stereocenters. The van der Waals surface area contributed by atoms with Gasteiger partial charge in [-0.1, -0.05) is 14.9 Å². The van der Waals surface area contributed by atoms with Crippen LogP contribution in [0.15, 0.2) is 0 Å². The van der Waals surface area contributed by atoms with Gasteiger partial charge in [-0.05, 0) is 0 Å². The number of halogens is 16. The summed E-state index contributed by atoms with van der Waals surface area (Å²) in [4.78, 5) is 0. The second-order valence-corrected chi connectivity index (χ2v) is 26.8. The van der Waals surface area contributed by atoms with Crippen LogP contribution in [0, 0.1) is 0 Å². The molecule has 0 aliphatic carbocycles. The van der Waals surface area contributed by atoms with Crippen LogP contribution in [0.3, 0.4) is 0 Å². The standard InChI is InChI=1S/C3HF7O.C3H3F5O3.2CH4.4HI.3Rf.2V/c4-1(5,2(6,7)8)3(9,10)11;4-1(9)11-3(7,8)2(5,6)10;;;;;;;;;;;/h11H;1,9-10H;2*1H4;4*1H;;;;;/q;;;;;;;;;;;2*+2/p-4. The van der Waals surface area contributed by atoms with Crippen molar-refractivity contribution in [1.82, 2.24) is 0 Å². The molecule has 0 saturated heterocycles. The molecule has 0 spiro atoms. The summed E-state index contributed by atoms with van der Waals surface area (Å²) >= 11 is 9.48. The number of hydrogen-bond donors (Lipinski definition) is 3. The van der Waals surface area contributed by atoms with E-state index in [9.17, 15) is 52.7 Å². The molecule has 0 fully saturated rings. The van der Waals surface area contributed by atoms with Gasteiger partial charge in [-0.15, -0.1) is 0 Å². The molecule has 196 valence electrons. The molecular weight excluding hydrogens is 1800 g/mol. The third kappa shape index (κ3) is 28.2. The minimum atomic E-state index is -6.45. The minimum absolute atomic E-state index is 0. The Morgan fingerprint density at radius 1 is 0.636 bits per heavy atom. The van der Waals surface area contributed by atoms with E-state index in [1.807, 2.05) is 0 Å². The molecule has 1 unspecified atom stereocenters. The zero-order valence-electron chi connectivity index (χ0n) is 13.9. The van der Waals surface area contributed by atoms with E-state index < -0.39 is 37.0 Å². The van der Waals surface area contributed by atoms with Crippen molar-refractivity contribution in [3.8, 4) is 0 Å². The number of aliphatic hydroxyl groups excluding tert-OH is 1. The Morgan fingerprint density at radius 3 is 0.879 bits per heavy atom. The van der Waals surface area contributed by atoms with E-state index in [0.717, 1.165) is 0 Å². The first-order valence-corrected chi connectivity index (χ1v) is 22.9. The minimum Gasteiger partial charge on any atom is 0 e. The normalized spacial score (nSPS) is 11.5. The number of alkyl halides is 12. The molecule has 3 N–H and O–H groups in total. The predicted octanol–water partition coefficient (Wildman–Crippen LogP) is 7.01. The van der Waals surface area contributed by atoms with Gasteiger partial charge in [0, 0.05) is 0 Å². The Balaban J connectivity index is -0.0000000357. The van der Waals surface area contributed by atoms with Crippen LogP contribution < -0.4 is 0 Å². The number of hydrogen-bond acceptors (Lipinski definition) is 4. The largest absolute Gasteiger partial charge is 0 e. The van der Waals surface area contributed by atoms with Crippen LogP contribution in [0.1, 0.15) is 14.9 Å². The molecule has 0 rings (SSSR count). The average Bonchev–Trinajstić information content (AvgIpc) is 2.35. The zero-order valence-corrected chi connectivity index (χ0v) is 44.5. The maximum atomic E-state index is 11.6. The van der Waals surface area contributed by atoms with Gasteiger partial charge in [-0.3, -0.25) is 4.74 Å². The maximum Gasteiger partial charge on any atom is 0 e. The first kappa shape index (κ1) is 58.7. The van der Waals surface area contributed by atoms with Gasteiger partial charge in [0.25, 0.3) is 0 Å². The fourth-order valence-corrected chi connectivity index (χ4v) is 0.364. The second-order valence-electron chi connectivity index (χ2n) is 3.21. The summed E-state index contributed by atoms with van der Waals surface area (Å²) in [5.74, 6) is -6.40. The zero-order chi connectivity index (χ0) is 24.2. The summed E-state index contributed by atoms with van der Waals surface area (Å²) in [6.07, 6.45) is -23.5. The van der Waals surface area contributed by atoms with Gasteiger partial charge in [0.2, 0.25) is 0 Å². The van der Waals surface area contributed by atoms with E-state index in [2.05, 4.69) is 84.7 Å². The van der Waals surface area contributed by atoms with Gasteiger partial charge in [0.1, 0.15) is 0 Å². The summed E-state index contributed by atoms with van der Waals surface area (Å²) in [5.41, 5.74) is 0. The average molecular weight is 1810 g/mol. The van der Waals surface area contributed by atoms with Crippen LogP contribution in [-0.2, 0) is 23.7 Å². The number of aliphatic hydroxyl groups is 3. The summed E-state index contributed by atoms with van der Waals surface area (Å²) in [7, 11) is 1.25. The predicted molar refractivity (Wildman–Crippen MR) is 108 cm³/mol. The molecule has 0 bridgehead atoms. The first-order valence-electron chi connectivity index (χ1n) is 4.87. The van der Waals surface area contributed by atoms with Crippen molar-refractivity contribution in [3.05, 3.63) is 0 Å². The SMILES string of the molecule is C.C.OC(F)(F)C(F)(F)C(F)(F)F.OC(F)OC(F)(F)C(O)(F)F.[I][V][I].[I][V][I].[Rf].[Rf].[Rf]. The molecule has 25 heteroatoms. The smallest absolute Gasteiger partial charge is 0 e. The summed E-state index contributed by atoms with van der Waals surface area (Å²) in [5, 5.41) is 21.8. The summed E-state index contributed by atoms with van der Waals surface area (Å²) in [6, 6.07) is 0. The number of ether oxygens (including phenoxy) is 1. The summed E-state index contributed by atoms with van der Waals surface area (Å²) in [6.45, 7) is -3.58. The quantitative estimate of drug-likeness (QED) is 0.161. The van der Waals surface area contributed by atoms with E-state index >= 15 is 0 Å². The van der Waals surface area contributed by atoms with E-state index in [0.29, 0.717) is 18.9 Å². The molecule has 0 heterocycles. The van der Waals surface area contributed by atoms with Crippen molar-refractivity contribution in [2.45, 2.75) is 51.8 Å². The van der Waals surface area contributed by atoms with Crippen LogP contribution in [0.2, 0.25) is 0 Å². The van der Waals surface area contributed by atoms with E-state index in [1.54, 1.807) is 0 Å². The van der Waals surface area contributed by atoms with Crippen molar-refractivity contribution in [2.24, 2.45) is 0 Å². The molecule has 0 aromatic rings. The van der Waals surface area contributed by atoms with Gasteiger partial charge < -0.3 is 15.3 Å². The van der Waals surface area contributed by atoms with Crippen LogP contribution >= 0.6 is 79.9 Å². The molecule has 33 heavy (non-hydrogen) atoms. The van der Waals surface area contributed by atoms with E-state index in [-0.39, 0.29) is 14.9 Å². The van der Waals surface area contributed by atoms with Crippen molar-refractivity contribution < 1.29 is 91.7 Å². The Hall–Kier alpha value is 0.0888. The second kappa shape index (κ2) is 23.8. The van der Waals surface area contributed by atoms with Crippen molar-refractivity contribution in [1.29, 1.82) is 0 Å². The van der Waals surface area contributed by atoms with Gasteiger partial charge in [-0.25, -0.2) is 0 Å². The van der Waals surface area contributed by atoms with Crippen LogP contribution in [0.5, 0.6) is 0 Å². The molecule has 4 nitrogen and oxygen atoms in total. The van der Waals surface area contributed by atoms with Gasteiger partial charge in [0.05, 0.1) is 0 Å². The van der Waals surface area contributed by atoms with Crippen LogP contribution in [-0.4, -0.2) is 52.3 Å². The van der Waals surface area contributed by atoms with Crippen molar-refractivity contribution in [2.75, 3.05) is 0 Å². The van der Waals surface area contributed by atoms with Gasteiger partial charge in [0.15, 0.2) is 0 Å². The van der Waals surface area contributed by atoms with Gasteiger partial charge >= 0.3 is 136 Å². The molecule has 0 radical (unpaired) electrons. The third-order valence-electron chi connectivity index (χ3n) is 1.33. The Labute approximate surface area is 220 Å². The van der Waals surface area contributed by atoms with Gasteiger partial charge in [-0.2, -0.15) is 52.7 Å². The topological polar surface area (TPSA) is 69.9 Å². The number of rotatable bonds is 4. The maximum absolute atomic E-state index is 11.6. The molecule has 0 aliphatic heterocycles. The Kier molecular flexibility index (Phi) is 42.4.